The van der Waals surface area contributed by atoms with Crippen molar-refractivity contribution in [2.45, 2.75) is 25.9 Å². The van der Waals surface area contributed by atoms with E-state index in [1.54, 1.807) is 0 Å². The Hall–Kier alpha value is -1.61. The van der Waals surface area contributed by atoms with Crippen molar-refractivity contribution < 1.29 is 14.6 Å². The second kappa shape index (κ2) is 4.70. The quantitative estimate of drug-likeness (QED) is 0.868. The average Bonchev–Trinajstić information content (AvgIpc) is 2.93. The summed E-state index contributed by atoms with van der Waals surface area (Å²) in [6, 6.07) is 10.1. The Bertz CT molecular complexity index is 604. The molecule has 0 aliphatic heterocycles. The lowest BCUT2D eigenvalue weighted by molar-refractivity contribution is -0.140. The van der Waals surface area contributed by atoms with Crippen LogP contribution in [0.5, 0.6) is 0 Å². The van der Waals surface area contributed by atoms with E-state index in [9.17, 15) is 9.90 Å². The number of hydrogen-bond donors (Lipinski definition) is 1. The zero-order valence-corrected chi connectivity index (χ0v) is 12.2. The molecule has 21 heavy (non-hydrogen) atoms. The standard InChI is InChI=1S/C18H20O3/c1-2-21-18(20)17-14(10-6-4-3-5-7-10)16-12-8-11(15(16)17)9-13(12)19/h3-7,11-13,15-16,19H,2,8-9H2,1H3/t11-,12+,13-,15-,16-/m1/s1. The minimum absolute atomic E-state index is 0.153. The van der Waals surface area contributed by atoms with Crippen LogP contribution < -0.4 is 0 Å². The van der Waals surface area contributed by atoms with Gasteiger partial charge in [-0.1, -0.05) is 30.3 Å². The number of benzene rings is 1. The van der Waals surface area contributed by atoms with Crippen LogP contribution in [0.4, 0.5) is 0 Å². The van der Waals surface area contributed by atoms with Crippen LogP contribution in [-0.2, 0) is 9.53 Å². The number of allylic oxidation sites excluding steroid dienone is 1. The van der Waals surface area contributed by atoms with E-state index >= 15 is 0 Å². The van der Waals surface area contributed by atoms with Crippen molar-refractivity contribution in [1.29, 1.82) is 0 Å². The molecular formula is C18H20O3. The van der Waals surface area contributed by atoms with Crippen molar-refractivity contribution in [2.24, 2.45) is 23.7 Å². The summed E-state index contributed by atoms with van der Waals surface area (Å²) >= 11 is 0. The number of esters is 1. The van der Waals surface area contributed by atoms with Gasteiger partial charge in [0, 0.05) is 11.5 Å². The number of ether oxygens (including phenoxy) is 1. The summed E-state index contributed by atoms with van der Waals surface area (Å²) in [5.74, 6) is 1.29. The molecule has 0 amide bonds. The van der Waals surface area contributed by atoms with Gasteiger partial charge in [-0.3, -0.25) is 0 Å². The van der Waals surface area contributed by atoms with Crippen molar-refractivity contribution in [2.75, 3.05) is 6.61 Å². The fourth-order valence-electron chi connectivity index (χ4n) is 4.82. The van der Waals surface area contributed by atoms with Gasteiger partial charge in [-0.15, -0.1) is 0 Å². The largest absolute Gasteiger partial charge is 0.463 e. The van der Waals surface area contributed by atoms with Gasteiger partial charge in [0.1, 0.15) is 0 Å². The van der Waals surface area contributed by atoms with Gasteiger partial charge in [-0.2, -0.15) is 0 Å². The predicted molar refractivity (Wildman–Crippen MR) is 79.2 cm³/mol. The lowest BCUT2D eigenvalue weighted by Gasteiger charge is -2.45. The first-order valence-electron chi connectivity index (χ1n) is 7.87. The summed E-state index contributed by atoms with van der Waals surface area (Å²) in [4.78, 5) is 12.4. The predicted octanol–water partition coefficient (Wildman–Crippen LogP) is 2.65. The lowest BCUT2D eigenvalue weighted by Crippen LogP contribution is -2.43. The SMILES string of the molecule is CCOC(=O)C1=C(c2ccccc2)[C@H]2[C@H]3C[C@H](C[C@H]3O)[C@@H]12. The number of rotatable bonds is 3. The molecule has 2 saturated carbocycles. The molecule has 0 radical (unpaired) electrons. The average molecular weight is 284 g/mol. The van der Waals surface area contributed by atoms with Gasteiger partial charge in [-0.25, -0.2) is 4.79 Å². The topological polar surface area (TPSA) is 46.5 Å². The van der Waals surface area contributed by atoms with E-state index in [1.807, 2.05) is 25.1 Å². The summed E-state index contributed by atoms with van der Waals surface area (Å²) in [5, 5.41) is 10.2. The minimum atomic E-state index is -0.196. The first-order chi connectivity index (χ1) is 10.2. The summed E-state index contributed by atoms with van der Waals surface area (Å²) in [7, 11) is 0. The maximum absolute atomic E-state index is 12.4. The molecule has 0 saturated heterocycles. The van der Waals surface area contributed by atoms with Gasteiger partial charge >= 0.3 is 5.97 Å². The second-order valence-corrected chi connectivity index (χ2v) is 6.43. The van der Waals surface area contributed by atoms with Crippen molar-refractivity contribution in [1.82, 2.24) is 0 Å². The van der Waals surface area contributed by atoms with Gasteiger partial charge < -0.3 is 9.84 Å². The molecule has 2 fully saturated rings. The molecule has 3 aliphatic carbocycles. The zero-order chi connectivity index (χ0) is 14.6. The third-order valence-corrected chi connectivity index (χ3v) is 5.51. The zero-order valence-electron chi connectivity index (χ0n) is 12.2. The first kappa shape index (κ1) is 13.1. The molecule has 1 aromatic rings. The van der Waals surface area contributed by atoms with Crippen LogP contribution in [0, 0.1) is 23.7 Å². The highest BCUT2D eigenvalue weighted by Gasteiger charge is 2.61. The van der Waals surface area contributed by atoms with E-state index in [0.717, 1.165) is 29.6 Å². The van der Waals surface area contributed by atoms with Crippen LogP contribution in [0.25, 0.3) is 5.57 Å². The minimum Gasteiger partial charge on any atom is -0.463 e. The number of fused-ring (bicyclic) bond motifs is 5. The number of carbonyl (C=O) groups is 1. The van der Waals surface area contributed by atoms with E-state index in [1.165, 1.54) is 0 Å². The molecule has 0 unspecified atom stereocenters. The molecule has 4 rings (SSSR count). The molecule has 3 aliphatic rings. The molecule has 0 heterocycles. The van der Waals surface area contributed by atoms with E-state index in [-0.39, 0.29) is 12.1 Å². The lowest BCUT2D eigenvalue weighted by atomic mass is 9.59. The highest BCUT2D eigenvalue weighted by Crippen LogP contribution is 2.66. The Kier molecular flexibility index (Phi) is 2.93. The number of carbonyl (C=O) groups excluding carboxylic acids is 1. The maximum Gasteiger partial charge on any atom is 0.334 e. The fourth-order valence-corrected chi connectivity index (χ4v) is 4.82. The summed E-state index contributed by atoms with van der Waals surface area (Å²) in [5.41, 5.74) is 3.12. The maximum atomic E-state index is 12.4. The Labute approximate surface area is 124 Å². The molecule has 5 atom stereocenters. The Morgan fingerprint density at radius 2 is 2.00 bits per heavy atom. The van der Waals surface area contributed by atoms with Gasteiger partial charge in [0.2, 0.25) is 0 Å². The van der Waals surface area contributed by atoms with Gasteiger partial charge in [0.05, 0.1) is 12.7 Å². The summed E-state index contributed by atoms with van der Waals surface area (Å²) in [6.45, 7) is 2.26. The molecule has 0 aromatic heterocycles. The molecule has 1 N–H and O–H groups in total. The fraction of sp³-hybridized carbons (Fsp3) is 0.500. The molecule has 110 valence electrons. The third-order valence-electron chi connectivity index (χ3n) is 5.51. The van der Waals surface area contributed by atoms with E-state index in [2.05, 4.69) is 12.1 Å². The number of hydrogen-bond acceptors (Lipinski definition) is 3. The van der Waals surface area contributed by atoms with Gasteiger partial charge in [-0.05, 0) is 48.7 Å². The smallest absolute Gasteiger partial charge is 0.334 e. The Balaban J connectivity index is 1.78. The normalized spacial score (nSPS) is 36.4. The number of aliphatic hydroxyl groups is 1. The van der Waals surface area contributed by atoms with Crippen molar-refractivity contribution in [3.05, 3.63) is 41.5 Å². The molecule has 3 nitrogen and oxygen atoms in total. The van der Waals surface area contributed by atoms with Gasteiger partial charge in [0.15, 0.2) is 0 Å². The van der Waals surface area contributed by atoms with Crippen LogP contribution in [0.1, 0.15) is 25.3 Å². The Morgan fingerprint density at radius 1 is 1.24 bits per heavy atom. The molecule has 0 spiro atoms. The van der Waals surface area contributed by atoms with Gasteiger partial charge in [0.25, 0.3) is 0 Å². The van der Waals surface area contributed by atoms with Crippen LogP contribution in [-0.4, -0.2) is 23.8 Å². The summed E-state index contributed by atoms with van der Waals surface area (Å²) in [6.07, 6.45) is 1.70. The van der Waals surface area contributed by atoms with Crippen LogP contribution in [0.15, 0.2) is 35.9 Å². The molecule has 3 heteroatoms. The monoisotopic (exact) mass is 284 g/mol. The van der Waals surface area contributed by atoms with Crippen LogP contribution in [0.3, 0.4) is 0 Å². The molecule has 1 aromatic carbocycles. The molecule has 2 bridgehead atoms. The Morgan fingerprint density at radius 3 is 2.71 bits per heavy atom. The second-order valence-electron chi connectivity index (χ2n) is 6.43. The van der Waals surface area contributed by atoms with E-state index in [0.29, 0.717) is 30.3 Å². The number of aliphatic hydroxyl groups excluding tert-OH is 1. The van der Waals surface area contributed by atoms with Crippen molar-refractivity contribution in [3.63, 3.8) is 0 Å². The van der Waals surface area contributed by atoms with Crippen molar-refractivity contribution in [3.8, 4) is 0 Å². The van der Waals surface area contributed by atoms with E-state index < -0.39 is 0 Å². The highest BCUT2D eigenvalue weighted by atomic mass is 16.5. The van der Waals surface area contributed by atoms with Crippen LogP contribution in [0.2, 0.25) is 0 Å². The highest BCUT2D eigenvalue weighted by molar-refractivity contribution is 6.03. The summed E-state index contributed by atoms with van der Waals surface area (Å²) < 4.78 is 5.28. The van der Waals surface area contributed by atoms with Crippen molar-refractivity contribution >= 4 is 11.5 Å². The third kappa shape index (κ3) is 1.73. The molecular weight excluding hydrogens is 264 g/mol. The van der Waals surface area contributed by atoms with Crippen LogP contribution >= 0.6 is 0 Å². The first-order valence-corrected chi connectivity index (χ1v) is 7.87. The van der Waals surface area contributed by atoms with E-state index in [4.69, 9.17) is 4.74 Å².